The highest BCUT2D eigenvalue weighted by atomic mass is 79.9. The molecule has 0 bridgehead atoms. The molecular formula is C10H11BrN4O. The van der Waals surface area contributed by atoms with E-state index in [1.54, 1.807) is 11.8 Å². The molecule has 0 aliphatic carbocycles. The fraction of sp³-hybridized carbons (Fsp3) is 0.200. The summed E-state index contributed by atoms with van der Waals surface area (Å²) in [6.45, 7) is 0.599. The van der Waals surface area contributed by atoms with Gasteiger partial charge < -0.3 is 10.5 Å². The Hall–Kier alpha value is -1.56. The average molecular weight is 283 g/mol. The molecule has 0 spiro atoms. The van der Waals surface area contributed by atoms with Crippen LogP contribution in [0.25, 0.3) is 0 Å². The van der Waals surface area contributed by atoms with Crippen LogP contribution in [-0.4, -0.2) is 21.9 Å². The van der Waals surface area contributed by atoms with Gasteiger partial charge in [0.25, 0.3) is 0 Å². The Morgan fingerprint density at radius 1 is 1.50 bits per heavy atom. The maximum absolute atomic E-state index is 5.49. The summed E-state index contributed by atoms with van der Waals surface area (Å²) in [5, 5.41) is 4.06. The van der Waals surface area contributed by atoms with Gasteiger partial charge in [0.15, 0.2) is 4.73 Å². The van der Waals surface area contributed by atoms with Crippen molar-refractivity contribution in [2.45, 2.75) is 6.54 Å². The van der Waals surface area contributed by atoms with E-state index in [-0.39, 0.29) is 5.95 Å². The fourth-order valence-electron chi connectivity index (χ4n) is 1.38. The second-order valence-electron chi connectivity index (χ2n) is 3.25. The van der Waals surface area contributed by atoms with Gasteiger partial charge in [-0.25, -0.2) is 4.68 Å². The predicted molar refractivity (Wildman–Crippen MR) is 64.2 cm³/mol. The van der Waals surface area contributed by atoms with Crippen LogP contribution in [0.5, 0.6) is 5.75 Å². The molecular weight excluding hydrogens is 272 g/mol. The first kappa shape index (κ1) is 10.9. The molecule has 84 valence electrons. The van der Waals surface area contributed by atoms with E-state index in [4.69, 9.17) is 10.5 Å². The number of ether oxygens (including phenoxy) is 1. The molecule has 0 radical (unpaired) electrons. The number of rotatable bonds is 3. The van der Waals surface area contributed by atoms with Crippen LogP contribution in [0.1, 0.15) is 5.56 Å². The first-order chi connectivity index (χ1) is 7.69. The molecule has 6 heteroatoms. The number of hydrogen-bond donors (Lipinski definition) is 1. The highest BCUT2D eigenvalue weighted by Crippen LogP contribution is 2.15. The monoisotopic (exact) mass is 282 g/mol. The molecule has 1 heterocycles. The summed E-state index contributed by atoms with van der Waals surface area (Å²) in [7, 11) is 1.64. The third-order valence-electron chi connectivity index (χ3n) is 2.11. The molecule has 2 N–H and O–H groups in total. The Labute approximate surface area is 101 Å². The van der Waals surface area contributed by atoms with E-state index >= 15 is 0 Å². The first-order valence-corrected chi connectivity index (χ1v) is 5.47. The van der Waals surface area contributed by atoms with Gasteiger partial charge >= 0.3 is 0 Å². The zero-order valence-corrected chi connectivity index (χ0v) is 10.3. The highest BCUT2D eigenvalue weighted by molar-refractivity contribution is 9.10. The molecule has 0 saturated heterocycles. The molecule has 2 rings (SSSR count). The standard InChI is InChI=1S/C10H11BrN4O/c1-16-8-4-2-3-7(5-8)6-15-9(11)13-10(12)14-15/h2-5H,6H2,1H3,(H2,12,14). The van der Waals surface area contributed by atoms with Crippen LogP contribution in [-0.2, 0) is 6.54 Å². The molecule has 1 aromatic carbocycles. The molecule has 0 unspecified atom stereocenters. The van der Waals surface area contributed by atoms with E-state index in [1.807, 2.05) is 24.3 Å². The maximum atomic E-state index is 5.49. The van der Waals surface area contributed by atoms with Crippen molar-refractivity contribution < 1.29 is 4.74 Å². The van der Waals surface area contributed by atoms with Gasteiger partial charge in [-0.1, -0.05) is 12.1 Å². The van der Waals surface area contributed by atoms with Crippen molar-refractivity contribution in [2.75, 3.05) is 12.8 Å². The van der Waals surface area contributed by atoms with E-state index in [9.17, 15) is 0 Å². The minimum Gasteiger partial charge on any atom is -0.497 e. The van der Waals surface area contributed by atoms with Crippen LogP contribution < -0.4 is 10.5 Å². The van der Waals surface area contributed by atoms with E-state index in [2.05, 4.69) is 26.0 Å². The van der Waals surface area contributed by atoms with Crippen LogP contribution in [0.15, 0.2) is 29.0 Å². The number of halogens is 1. The van der Waals surface area contributed by atoms with Gasteiger partial charge in [-0.3, -0.25) is 0 Å². The lowest BCUT2D eigenvalue weighted by atomic mass is 10.2. The van der Waals surface area contributed by atoms with Crippen LogP contribution >= 0.6 is 15.9 Å². The van der Waals surface area contributed by atoms with Crippen molar-refractivity contribution in [2.24, 2.45) is 0 Å². The topological polar surface area (TPSA) is 66.0 Å². The van der Waals surface area contributed by atoms with Crippen LogP contribution in [0, 0.1) is 0 Å². The lowest BCUT2D eigenvalue weighted by Gasteiger charge is -2.04. The third-order valence-corrected chi connectivity index (χ3v) is 2.70. The first-order valence-electron chi connectivity index (χ1n) is 4.68. The van der Waals surface area contributed by atoms with Gasteiger partial charge in [-0.2, -0.15) is 4.98 Å². The average Bonchev–Trinajstić information content (AvgIpc) is 2.58. The number of anilines is 1. The van der Waals surface area contributed by atoms with Crippen molar-refractivity contribution >= 4 is 21.9 Å². The highest BCUT2D eigenvalue weighted by Gasteiger charge is 2.05. The molecule has 5 nitrogen and oxygen atoms in total. The molecule has 16 heavy (non-hydrogen) atoms. The summed E-state index contributed by atoms with van der Waals surface area (Å²) in [5.74, 6) is 1.08. The number of nitrogens with two attached hydrogens (primary N) is 1. The summed E-state index contributed by atoms with van der Waals surface area (Å²) in [5.41, 5.74) is 6.57. The molecule has 0 aliphatic rings. The predicted octanol–water partition coefficient (Wildman–Crippen LogP) is 1.68. The SMILES string of the molecule is COc1cccc(Cn2nc(N)nc2Br)c1. The summed E-state index contributed by atoms with van der Waals surface area (Å²) in [6, 6.07) is 7.77. The largest absolute Gasteiger partial charge is 0.497 e. The number of nitrogens with zero attached hydrogens (tertiary/aromatic N) is 3. The quantitative estimate of drug-likeness (QED) is 0.930. The smallest absolute Gasteiger partial charge is 0.240 e. The molecule has 0 fully saturated rings. The fourth-order valence-corrected chi connectivity index (χ4v) is 1.77. The summed E-state index contributed by atoms with van der Waals surface area (Å²) in [6.07, 6.45) is 0. The van der Waals surface area contributed by atoms with Crippen molar-refractivity contribution in [3.63, 3.8) is 0 Å². The van der Waals surface area contributed by atoms with Gasteiger partial charge in [0.2, 0.25) is 5.95 Å². The molecule has 0 aliphatic heterocycles. The van der Waals surface area contributed by atoms with Gasteiger partial charge in [0, 0.05) is 0 Å². The van der Waals surface area contributed by atoms with Gasteiger partial charge in [0.1, 0.15) is 5.75 Å². The number of aromatic nitrogens is 3. The van der Waals surface area contributed by atoms with Crippen LogP contribution in [0.2, 0.25) is 0 Å². The van der Waals surface area contributed by atoms with Crippen molar-refractivity contribution in [3.8, 4) is 5.75 Å². The molecule has 1 aromatic heterocycles. The summed E-state index contributed by atoms with van der Waals surface area (Å²) >= 11 is 3.29. The normalized spacial score (nSPS) is 10.4. The van der Waals surface area contributed by atoms with Gasteiger partial charge in [0.05, 0.1) is 13.7 Å². The number of benzene rings is 1. The molecule has 0 atom stereocenters. The minimum absolute atomic E-state index is 0.259. The zero-order valence-electron chi connectivity index (χ0n) is 8.72. The Morgan fingerprint density at radius 2 is 2.31 bits per heavy atom. The lowest BCUT2D eigenvalue weighted by Crippen LogP contribution is -2.02. The van der Waals surface area contributed by atoms with Crippen molar-refractivity contribution in [1.82, 2.24) is 14.8 Å². The molecule has 2 aromatic rings. The molecule has 0 saturated carbocycles. The third kappa shape index (κ3) is 2.33. The van der Waals surface area contributed by atoms with Crippen LogP contribution in [0.3, 0.4) is 0 Å². The second-order valence-corrected chi connectivity index (χ2v) is 3.96. The number of nitrogen functional groups attached to an aromatic ring is 1. The van der Waals surface area contributed by atoms with E-state index < -0.39 is 0 Å². The minimum atomic E-state index is 0.259. The van der Waals surface area contributed by atoms with Gasteiger partial charge in [-0.05, 0) is 33.6 Å². The van der Waals surface area contributed by atoms with Crippen molar-refractivity contribution in [3.05, 3.63) is 34.6 Å². The molecule has 0 amide bonds. The van der Waals surface area contributed by atoms with E-state index in [0.29, 0.717) is 11.3 Å². The second kappa shape index (κ2) is 4.52. The Balaban J connectivity index is 2.23. The Bertz CT molecular complexity index is 497. The van der Waals surface area contributed by atoms with E-state index in [0.717, 1.165) is 11.3 Å². The van der Waals surface area contributed by atoms with Crippen LogP contribution in [0.4, 0.5) is 5.95 Å². The number of hydrogen-bond acceptors (Lipinski definition) is 4. The Kier molecular flexibility index (Phi) is 3.09. The van der Waals surface area contributed by atoms with Crippen molar-refractivity contribution in [1.29, 1.82) is 0 Å². The summed E-state index contributed by atoms with van der Waals surface area (Å²) in [4.78, 5) is 3.96. The van der Waals surface area contributed by atoms with Gasteiger partial charge in [-0.15, -0.1) is 5.10 Å². The summed E-state index contributed by atoms with van der Waals surface area (Å²) < 4.78 is 7.45. The maximum Gasteiger partial charge on any atom is 0.240 e. The Morgan fingerprint density at radius 3 is 2.94 bits per heavy atom. The lowest BCUT2D eigenvalue weighted by molar-refractivity contribution is 0.414. The zero-order chi connectivity index (χ0) is 11.5. The van der Waals surface area contributed by atoms with E-state index in [1.165, 1.54) is 0 Å². The number of methoxy groups -OCH3 is 1.